The summed E-state index contributed by atoms with van der Waals surface area (Å²) in [7, 11) is 0. The lowest BCUT2D eigenvalue weighted by atomic mass is 10.1. The summed E-state index contributed by atoms with van der Waals surface area (Å²) in [4.78, 5) is 33.9. The van der Waals surface area contributed by atoms with E-state index in [1.807, 2.05) is 6.92 Å². The second-order valence-electron chi connectivity index (χ2n) is 5.72. The van der Waals surface area contributed by atoms with Crippen LogP contribution in [0.15, 0.2) is 0 Å². The van der Waals surface area contributed by atoms with Crippen LogP contribution in [0.1, 0.15) is 32.6 Å². The highest BCUT2D eigenvalue weighted by atomic mass is 16.4. The molecule has 0 saturated heterocycles. The molecule has 2 aliphatic carbocycles. The highest BCUT2D eigenvalue weighted by Crippen LogP contribution is 2.45. The van der Waals surface area contributed by atoms with Crippen LogP contribution < -0.4 is 10.6 Å². The summed E-state index contributed by atoms with van der Waals surface area (Å²) in [5.74, 6) is -0.464. The van der Waals surface area contributed by atoms with E-state index < -0.39 is 11.4 Å². The third-order valence-electron chi connectivity index (χ3n) is 4.03. The minimum absolute atomic E-state index is 0.0181. The van der Waals surface area contributed by atoms with Gasteiger partial charge < -0.3 is 15.7 Å². The number of amides is 2. The van der Waals surface area contributed by atoms with Gasteiger partial charge in [0, 0.05) is 25.4 Å². The molecule has 0 aromatic heterocycles. The minimum Gasteiger partial charge on any atom is -0.481 e. The van der Waals surface area contributed by atoms with Gasteiger partial charge in [0.25, 0.3) is 0 Å². The summed E-state index contributed by atoms with van der Waals surface area (Å²) >= 11 is 0. The summed E-state index contributed by atoms with van der Waals surface area (Å²) in [6.45, 7) is 2.53. The van der Waals surface area contributed by atoms with Gasteiger partial charge in [0.2, 0.25) is 11.8 Å². The lowest BCUT2D eigenvalue weighted by molar-refractivity contribution is -0.143. The fourth-order valence-corrected chi connectivity index (χ4v) is 2.09. The van der Waals surface area contributed by atoms with E-state index in [-0.39, 0.29) is 30.7 Å². The van der Waals surface area contributed by atoms with E-state index in [1.165, 1.54) is 0 Å². The number of carboxylic acid groups (broad SMARTS) is 1. The molecular formula is C13H20N2O4. The topological polar surface area (TPSA) is 95.5 Å². The number of rotatable bonds is 7. The van der Waals surface area contributed by atoms with Crippen molar-refractivity contribution in [3.05, 3.63) is 0 Å². The van der Waals surface area contributed by atoms with Crippen molar-refractivity contribution >= 4 is 17.8 Å². The quantitative estimate of drug-likeness (QED) is 0.611. The van der Waals surface area contributed by atoms with Crippen LogP contribution in [0.2, 0.25) is 0 Å². The highest BCUT2D eigenvalue weighted by molar-refractivity contribution is 5.83. The Morgan fingerprint density at radius 2 is 1.89 bits per heavy atom. The number of hydrogen-bond acceptors (Lipinski definition) is 3. The highest BCUT2D eigenvalue weighted by Gasteiger charge is 2.50. The second-order valence-corrected chi connectivity index (χ2v) is 5.72. The zero-order valence-electron chi connectivity index (χ0n) is 11.1. The van der Waals surface area contributed by atoms with E-state index in [4.69, 9.17) is 5.11 Å². The van der Waals surface area contributed by atoms with Crippen LogP contribution >= 0.6 is 0 Å². The normalized spacial score (nSPS) is 26.4. The van der Waals surface area contributed by atoms with Crippen LogP contribution in [-0.2, 0) is 14.4 Å². The SMILES string of the molecule is CC1CC1C(=O)NCCC(=O)NCC1(C(=O)O)CC1. The first-order chi connectivity index (χ1) is 8.94. The van der Waals surface area contributed by atoms with Gasteiger partial charge in [-0.1, -0.05) is 6.92 Å². The summed E-state index contributed by atoms with van der Waals surface area (Å²) in [6, 6.07) is 0. The van der Waals surface area contributed by atoms with Crippen molar-refractivity contribution in [2.24, 2.45) is 17.3 Å². The number of aliphatic carboxylic acids is 1. The fourth-order valence-electron chi connectivity index (χ4n) is 2.09. The van der Waals surface area contributed by atoms with Gasteiger partial charge in [-0.15, -0.1) is 0 Å². The predicted octanol–water partition coefficient (Wildman–Crippen LogP) is 0.130. The molecule has 0 aliphatic heterocycles. The summed E-state index contributed by atoms with van der Waals surface area (Å²) in [6.07, 6.45) is 2.37. The number of nitrogens with one attached hydrogen (secondary N) is 2. The van der Waals surface area contributed by atoms with Gasteiger partial charge in [0.05, 0.1) is 5.41 Å². The Hall–Kier alpha value is -1.59. The first-order valence-electron chi connectivity index (χ1n) is 6.72. The first-order valence-corrected chi connectivity index (χ1v) is 6.72. The molecule has 2 saturated carbocycles. The maximum absolute atomic E-state index is 11.5. The fraction of sp³-hybridized carbons (Fsp3) is 0.769. The Balaban J connectivity index is 1.57. The molecular weight excluding hydrogens is 248 g/mol. The van der Waals surface area contributed by atoms with Crippen molar-refractivity contribution in [1.29, 1.82) is 0 Å². The van der Waals surface area contributed by atoms with E-state index >= 15 is 0 Å². The maximum Gasteiger partial charge on any atom is 0.311 e. The molecule has 3 N–H and O–H groups in total. The molecule has 2 amide bonds. The van der Waals surface area contributed by atoms with Gasteiger partial charge in [0.1, 0.15) is 0 Å². The van der Waals surface area contributed by atoms with Gasteiger partial charge in [-0.25, -0.2) is 0 Å². The molecule has 2 unspecified atom stereocenters. The zero-order chi connectivity index (χ0) is 14.0. The van der Waals surface area contributed by atoms with Crippen LogP contribution in [0.3, 0.4) is 0 Å². The summed E-state index contributed by atoms with van der Waals surface area (Å²) < 4.78 is 0. The van der Waals surface area contributed by atoms with Crippen molar-refractivity contribution in [2.45, 2.75) is 32.6 Å². The third-order valence-corrected chi connectivity index (χ3v) is 4.03. The molecule has 2 aliphatic rings. The molecule has 0 aromatic rings. The largest absolute Gasteiger partial charge is 0.481 e. The molecule has 6 nitrogen and oxygen atoms in total. The Bertz CT molecular complexity index is 403. The number of carbonyl (C=O) groups is 3. The molecule has 2 rings (SSSR count). The number of carboxylic acids is 1. The Labute approximate surface area is 111 Å². The van der Waals surface area contributed by atoms with Gasteiger partial charge in [-0.05, 0) is 25.2 Å². The van der Waals surface area contributed by atoms with E-state index in [9.17, 15) is 14.4 Å². The molecule has 6 heteroatoms. The van der Waals surface area contributed by atoms with Crippen molar-refractivity contribution in [3.63, 3.8) is 0 Å². The van der Waals surface area contributed by atoms with Crippen molar-refractivity contribution < 1.29 is 19.5 Å². The molecule has 0 bridgehead atoms. The van der Waals surface area contributed by atoms with Gasteiger partial charge in [0.15, 0.2) is 0 Å². The second kappa shape index (κ2) is 5.19. The Morgan fingerprint density at radius 3 is 2.37 bits per heavy atom. The molecule has 0 aromatic carbocycles. The molecule has 0 heterocycles. The average Bonchev–Trinajstić information content (AvgIpc) is 3.22. The first kappa shape index (κ1) is 13.8. The van der Waals surface area contributed by atoms with Gasteiger partial charge in [-0.3, -0.25) is 14.4 Å². The molecule has 19 heavy (non-hydrogen) atoms. The van der Waals surface area contributed by atoms with E-state index in [0.29, 0.717) is 25.3 Å². The zero-order valence-corrected chi connectivity index (χ0v) is 11.1. The van der Waals surface area contributed by atoms with Gasteiger partial charge >= 0.3 is 5.97 Å². The Morgan fingerprint density at radius 1 is 1.26 bits per heavy atom. The van der Waals surface area contributed by atoms with Crippen LogP contribution in [0.25, 0.3) is 0 Å². The molecule has 106 valence electrons. The third kappa shape index (κ3) is 3.45. The van der Waals surface area contributed by atoms with E-state index in [1.54, 1.807) is 0 Å². The number of hydrogen-bond donors (Lipinski definition) is 3. The van der Waals surface area contributed by atoms with E-state index in [0.717, 1.165) is 6.42 Å². The maximum atomic E-state index is 11.5. The molecule has 2 atom stereocenters. The smallest absolute Gasteiger partial charge is 0.311 e. The van der Waals surface area contributed by atoms with Crippen LogP contribution in [0.4, 0.5) is 0 Å². The molecule has 0 radical (unpaired) electrons. The Kier molecular flexibility index (Phi) is 3.78. The lowest BCUT2D eigenvalue weighted by Crippen LogP contribution is -2.36. The summed E-state index contributed by atoms with van der Waals surface area (Å²) in [5, 5.41) is 14.3. The van der Waals surface area contributed by atoms with Crippen molar-refractivity contribution in [1.82, 2.24) is 10.6 Å². The van der Waals surface area contributed by atoms with E-state index in [2.05, 4.69) is 10.6 Å². The standard InChI is InChI=1S/C13H20N2O4/c1-8-6-9(8)11(17)14-5-2-10(16)15-7-13(3-4-13)12(18)19/h8-9H,2-7H2,1H3,(H,14,17)(H,15,16)(H,18,19). The van der Waals surface area contributed by atoms with Crippen LogP contribution in [0.5, 0.6) is 0 Å². The molecule has 0 spiro atoms. The predicted molar refractivity (Wildman–Crippen MR) is 67.2 cm³/mol. The monoisotopic (exact) mass is 268 g/mol. The van der Waals surface area contributed by atoms with Crippen LogP contribution in [-0.4, -0.2) is 36.0 Å². The average molecular weight is 268 g/mol. The summed E-state index contributed by atoms with van der Waals surface area (Å²) in [5.41, 5.74) is -0.734. The lowest BCUT2D eigenvalue weighted by Gasteiger charge is -2.11. The minimum atomic E-state index is -0.844. The van der Waals surface area contributed by atoms with Crippen molar-refractivity contribution in [3.8, 4) is 0 Å². The van der Waals surface area contributed by atoms with Gasteiger partial charge in [-0.2, -0.15) is 0 Å². The number of carbonyl (C=O) groups excluding carboxylic acids is 2. The molecule has 2 fully saturated rings. The van der Waals surface area contributed by atoms with Crippen molar-refractivity contribution in [2.75, 3.05) is 13.1 Å². The van der Waals surface area contributed by atoms with Crippen LogP contribution in [0, 0.1) is 17.3 Å².